The fourth-order valence-corrected chi connectivity index (χ4v) is 2.17. The first-order chi connectivity index (χ1) is 10.2. The van der Waals surface area contributed by atoms with E-state index in [2.05, 4.69) is 48.4 Å². The molecule has 0 saturated carbocycles. The lowest BCUT2D eigenvalue weighted by molar-refractivity contribution is 0.301. The van der Waals surface area contributed by atoms with Crippen molar-refractivity contribution in [3.8, 4) is 5.75 Å². The Bertz CT molecular complexity index is 564. The second kappa shape index (κ2) is 7.79. The normalized spacial score (nSPS) is 10.6. The van der Waals surface area contributed by atoms with Crippen LogP contribution in [-0.4, -0.2) is 11.5 Å². The minimum atomic E-state index is 0.583. The number of hydrogen-bond donors (Lipinski definition) is 1. The van der Waals surface area contributed by atoms with Gasteiger partial charge in [-0.15, -0.1) is 0 Å². The molecule has 0 aliphatic heterocycles. The van der Waals surface area contributed by atoms with Crippen molar-refractivity contribution in [3.63, 3.8) is 0 Å². The smallest absolute Gasteiger partial charge is 0.141 e. The molecule has 2 rings (SSSR count). The molecule has 3 nitrogen and oxygen atoms in total. The molecular weight excluding hydrogens is 260 g/mol. The summed E-state index contributed by atoms with van der Waals surface area (Å²) in [5.41, 5.74) is 4.54. The maximum absolute atomic E-state index is 5.91. The number of aromatic nitrogens is 1. The highest BCUT2D eigenvalue weighted by Crippen LogP contribution is 2.19. The summed E-state index contributed by atoms with van der Waals surface area (Å²) in [4.78, 5) is 4.52. The lowest BCUT2D eigenvalue weighted by Gasteiger charge is -2.11. The average molecular weight is 284 g/mol. The number of pyridine rings is 1. The zero-order valence-electron chi connectivity index (χ0n) is 13.1. The Morgan fingerprint density at radius 2 is 1.71 bits per heavy atom. The van der Waals surface area contributed by atoms with Crippen molar-refractivity contribution < 1.29 is 4.74 Å². The molecule has 21 heavy (non-hydrogen) atoms. The van der Waals surface area contributed by atoms with Gasteiger partial charge in [0.25, 0.3) is 0 Å². The van der Waals surface area contributed by atoms with E-state index in [4.69, 9.17) is 4.74 Å². The molecule has 0 spiro atoms. The van der Waals surface area contributed by atoms with Crippen LogP contribution in [0.25, 0.3) is 0 Å². The molecule has 2 aromatic rings. The summed E-state index contributed by atoms with van der Waals surface area (Å²) in [6.07, 6.45) is 0.888. The Kier molecular flexibility index (Phi) is 5.76. The highest BCUT2D eigenvalue weighted by Gasteiger charge is 2.04. The molecule has 1 heterocycles. The quantitative estimate of drug-likeness (QED) is 0.843. The fraction of sp³-hybridized carbons (Fsp3) is 0.389. The first kappa shape index (κ1) is 15.5. The fourth-order valence-electron chi connectivity index (χ4n) is 2.17. The van der Waals surface area contributed by atoms with Crippen LogP contribution in [0.2, 0.25) is 0 Å². The molecule has 0 unspecified atom stereocenters. The van der Waals surface area contributed by atoms with E-state index in [1.165, 1.54) is 11.1 Å². The van der Waals surface area contributed by atoms with Gasteiger partial charge in [0, 0.05) is 12.2 Å². The van der Waals surface area contributed by atoms with Crippen molar-refractivity contribution in [2.24, 2.45) is 0 Å². The van der Waals surface area contributed by atoms with E-state index < -0.39 is 0 Å². The first-order valence-electron chi connectivity index (χ1n) is 7.60. The molecule has 0 fully saturated rings. The van der Waals surface area contributed by atoms with Crippen LogP contribution in [0.4, 0.5) is 0 Å². The summed E-state index contributed by atoms with van der Waals surface area (Å²) in [6.45, 7) is 8.71. The summed E-state index contributed by atoms with van der Waals surface area (Å²) < 4.78 is 5.91. The standard InChI is InChI=1S/C18H24N2O/c1-4-17-18(11-6-14(3)20-17)21-13-16-9-7-15(8-10-16)12-19-5-2/h6-11,19H,4-5,12-13H2,1-3H3. The van der Waals surface area contributed by atoms with Gasteiger partial charge in [-0.05, 0) is 43.1 Å². The molecular formula is C18H24N2O. The van der Waals surface area contributed by atoms with E-state index in [-0.39, 0.29) is 0 Å². The lowest BCUT2D eigenvalue weighted by Crippen LogP contribution is -2.11. The van der Waals surface area contributed by atoms with Crippen LogP contribution in [0.15, 0.2) is 36.4 Å². The van der Waals surface area contributed by atoms with Crippen LogP contribution in [0.1, 0.15) is 36.4 Å². The zero-order chi connectivity index (χ0) is 15.1. The monoisotopic (exact) mass is 284 g/mol. The van der Waals surface area contributed by atoms with Gasteiger partial charge >= 0.3 is 0 Å². The number of hydrogen-bond acceptors (Lipinski definition) is 3. The van der Waals surface area contributed by atoms with Gasteiger partial charge in [0.2, 0.25) is 0 Å². The molecule has 1 N–H and O–H groups in total. The molecule has 1 aromatic carbocycles. The minimum Gasteiger partial charge on any atom is -0.487 e. The number of nitrogens with zero attached hydrogens (tertiary/aromatic N) is 1. The van der Waals surface area contributed by atoms with Gasteiger partial charge in [0.05, 0.1) is 5.69 Å². The van der Waals surface area contributed by atoms with E-state index in [1.807, 2.05) is 19.1 Å². The van der Waals surface area contributed by atoms with Gasteiger partial charge in [-0.3, -0.25) is 4.98 Å². The number of rotatable bonds is 7. The molecule has 0 aliphatic rings. The number of nitrogens with one attached hydrogen (secondary N) is 1. The molecule has 0 bridgehead atoms. The Morgan fingerprint density at radius 1 is 1.00 bits per heavy atom. The van der Waals surface area contributed by atoms with Gasteiger partial charge in [-0.25, -0.2) is 0 Å². The molecule has 0 radical (unpaired) electrons. The predicted molar refractivity (Wildman–Crippen MR) is 86.5 cm³/mol. The van der Waals surface area contributed by atoms with Crippen LogP contribution in [0.5, 0.6) is 5.75 Å². The van der Waals surface area contributed by atoms with E-state index in [0.717, 1.165) is 36.6 Å². The van der Waals surface area contributed by atoms with Gasteiger partial charge in [-0.1, -0.05) is 38.1 Å². The molecule has 0 atom stereocenters. The van der Waals surface area contributed by atoms with Crippen LogP contribution >= 0.6 is 0 Å². The average Bonchev–Trinajstić information content (AvgIpc) is 2.52. The predicted octanol–water partition coefficient (Wildman–Crippen LogP) is 3.64. The van der Waals surface area contributed by atoms with Crippen molar-refractivity contribution in [1.29, 1.82) is 0 Å². The molecule has 112 valence electrons. The van der Waals surface area contributed by atoms with E-state index in [1.54, 1.807) is 0 Å². The maximum atomic E-state index is 5.91. The Balaban J connectivity index is 1.96. The summed E-state index contributed by atoms with van der Waals surface area (Å²) in [6, 6.07) is 12.6. The highest BCUT2D eigenvalue weighted by molar-refractivity contribution is 5.30. The van der Waals surface area contributed by atoms with E-state index >= 15 is 0 Å². The van der Waals surface area contributed by atoms with Crippen molar-refractivity contribution in [2.75, 3.05) is 6.54 Å². The lowest BCUT2D eigenvalue weighted by atomic mass is 10.1. The van der Waals surface area contributed by atoms with Crippen molar-refractivity contribution in [3.05, 3.63) is 58.9 Å². The second-order valence-electron chi connectivity index (χ2n) is 5.14. The van der Waals surface area contributed by atoms with Crippen molar-refractivity contribution in [1.82, 2.24) is 10.3 Å². The Morgan fingerprint density at radius 3 is 2.38 bits per heavy atom. The number of aryl methyl sites for hydroxylation is 2. The van der Waals surface area contributed by atoms with Crippen LogP contribution in [0.3, 0.4) is 0 Å². The Labute approximate surface area is 127 Å². The third kappa shape index (κ3) is 4.57. The first-order valence-corrected chi connectivity index (χ1v) is 7.60. The topological polar surface area (TPSA) is 34.1 Å². The van der Waals surface area contributed by atoms with E-state index in [0.29, 0.717) is 6.61 Å². The van der Waals surface area contributed by atoms with Crippen LogP contribution < -0.4 is 10.1 Å². The minimum absolute atomic E-state index is 0.583. The SMILES string of the molecule is CCNCc1ccc(COc2ccc(C)nc2CC)cc1. The van der Waals surface area contributed by atoms with Gasteiger partial charge in [-0.2, -0.15) is 0 Å². The van der Waals surface area contributed by atoms with Crippen LogP contribution in [0, 0.1) is 6.92 Å². The van der Waals surface area contributed by atoms with Crippen molar-refractivity contribution in [2.45, 2.75) is 40.3 Å². The van der Waals surface area contributed by atoms with E-state index in [9.17, 15) is 0 Å². The summed E-state index contributed by atoms with van der Waals surface area (Å²) in [5, 5.41) is 3.32. The highest BCUT2D eigenvalue weighted by atomic mass is 16.5. The van der Waals surface area contributed by atoms with Gasteiger partial charge in [0.15, 0.2) is 0 Å². The molecule has 0 aliphatic carbocycles. The third-order valence-corrected chi connectivity index (χ3v) is 3.40. The molecule has 0 amide bonds. The largest absolute Gasteiger partial charge is 0.487 e. The molecule has 1 aromatic heterocycles. The number of ether oxygens (including phenoxy) is 1. The second-order valence-corrected chi connectivity index (χ2v) is 5.14. The maximum Gasteiger partial charge on any atom is 0.141 e. The zero-order valence-corrected chi connectivity index (χ0v) is 13.1. The Hall–Kier alpha value is -1.87. The number of benzene rings is 1. The summed E-state index contributed by atoms with van der Waals surface area (Å²) >= 11 is 0. The third-order valence-electron chi connectivity index (χ3n) is 3.40. The van der Waals surface area contributed by atoms with Crippen LogP contribution in [-0.2, 0) is 19.6 Å². The summed E-state index contributed by atoms with van der Waals surface area (Å²) in [5.74, 6) is 0.889. The molecule has 3 heteroatoms. The summed E-state index contributed by atoms with van der Waals surface area (Å²) in [7, 11) is 0. The van der Waals surface area contributed by atoms with Gasteiger partial charge in [0.1, 0.15) is 12.4 Å². The van der Waals surface area contributed by atoms with Gasteiger partial charge < -0.3 is 10.1 Å². The van der Waals surface area contributed by atoms with Crippen molar-refractivity contribution >= 4 is 0 Å². The molecule has 0 saturated heterocycles.